The van der Waals surface area contributed by atoms with Crippen molar-refractivity contribution in [1.29, 1.82) is 0 Å². The summed E-state index contributed by atoms with van der Waals surface area (Å²) in [5, 5.41) is 0. The average Bonchev–Trinajstić information content (AvgIpc) is 2.81. The highest BCUT2D eigenvalue weighted by molar-refractivity contribution is 7.89. The lowest BCUT2D eigenvalue weighted by atomic mass is 9.99. The van der Waals surface area contributed by atoms with Crippen LogP contribution in [0.15, 0.2) is 29.2 Å². The lowest BCUT2D eigenvalue weighted by molar-refractivity contribution is -0.137. The van der Waals surface area contributed by atoms with E-state index in [1.54, 1.807) is 0 Å². The molecule has 1 aromatic carbocycles. The third-order valence-electron chi connectivity index (χ3n) is 3.94. The van der Waals surface area contributed by atoms with Crippen LogP contribution in [0.25, 0.3) is 0 Å². The van der Waals surface area contributed by atoms with E-state index in [1.165, 1.54) is 4.31 Å². The fraction of sp³-hybridized carbons (Fsp3) is 0.571. The molecule has 2 atom stereocenters. The number of hydrogen-bond acceptors (Lipinski definition) is 3. The van der Waals surface area contributed by atoms with Gasteiger partial charge in [0.25, 0.3) is 0 Å². The number of halogens is 3. The van der Waals surface area contributed by atoms with Gasteiger partial charge in [-0.3, -0.25) is 0 Å². The summed E-state index contributed by atoms with van der Waals surface area (Å²) in [4.78, 5) is -0.134. The van der Waals surface area contributed by atoms with E-state index in [-0.39, 0.29) is 23.4 Å². The van der Waals surface area contributed by atoms with E-state index in [2.05, 4.69) is 0 Å². The van der Waals surface area contributed by atoms with E-state index in [4.69, 9.17) is 5.73 Å². The highest BCUT2D eigenvalue weighted by Crippen LogP contribution is 2.31. The van der Waals surface area contributed by atoms with Crippen LogP contribution in [0.3, 0.4) is 0 Å². The predicted octanol–water partition coefficient (Wildman–Crippen LogP) is 2.45. The molecule has 8 heteroatoms. The summed E-state index contributed by atoms with van der Waals surface area (Å²) >= 11 is 0. The fourth-order valence-electron chi connectivity index (χ4n) is 2.69. The van der Waals surface area contributed by atoms with Crippen molar-refractivity contribution >= 4 is 10.0 Å². The van der Waals surface area contributed by atoms with E-state index < -0.39 is 21.8 Å². The lowest BCUT2D eigenvalue weighted by Gasteiger charge is -2.17. The first-order chi connectivity index (χ1) is 10.2. The number of rotatable bonds is 4. The van der Waals surface area contributed by atoms with Crippen molar-refractivity contribution in [2.24, 2.45) is 11.7 Å². The van der Waals surface area contributed by atoms with E-state index in [1.807, 2.05) is 6.92 Å². The summed E-state index contributed by atoms with van der Waals surface area (Å²) in [6.07, 6.45) is -2.74. The van der Waals surface area contributed by atoms with E-state index in [9.17, 15) is 21.6 Å². The van der Waals surface area contributed by atoms with Crippen molar-refractivity contribution in [2.45, 2.75) is 36.9 Å². The third-order valence-corrected chi connectivity index (χ3v) is 5.78. The first-order valence-electron chi connectivity index (χ1n) is 7.09. The van der Waals surface area contributed by atoms with Crippen LogP contribution in [0.5, 0.6) is 0 Å². The third kappa shape index (κ3) is 3.44. The molecule has 1 aromatic rings. The summed E-state index contributed by atoms with van der Waals surface area (Å²) in [5.41, 5.74) is 5.09. The predicted molar refractivity (Wildman–Crippen MR) is 76.6 cm³/mol. The quantitative estimate of drug-likeness (QED) is 0.919. The molecule has 0 saturated carbocycles. The summed E-state index contributed by atoms with van der Waals surface area (Å²) in [6.45, 7) is 2.52. The van der Waals surface area contributed by atoms with Gasteiger partial charge in [-0.25, -0.2) is 8.42 Å². The zero-order valence-electron chi connectivity index (χ0n) is 12.2. The minimum atomic E-state index is -4.48. The molecule has 0 radical (unpaired) electrons. The second-order valence-electron chi connectivity index (χ2n) is 5.56. The molecule has 124 valence electrons. The van der Waals surface area contributed by atoms with Crippen LogP contribution >= 0.6 is 0 Å². The van der Waals surface area contributed by atoms with Crippen molar-refractivity contribution in [3.8, 4) is 0 Å². The van der Waals surface area contributed by atoms with E-state index >= 15 is 0 Å². The molecule has 0 bridgehead atoms. The molecule has 4 nitrogen and oxygen atoms in total. The minimum absolute atomic E-state index is 0.0919. The Kier molecular flexibility index (Phi) is 4.84. The standard InChI is InChI=1S/C14H19F3N2O2S/c1-2-3-10-8-19(9-13(10)18)22(20,21)12-6-4-11(5-7-12)14(15,16)17/h4-7,10,13H,2-3,8-9,18H2,1H3/t10-,13-/m0/s1. The number of benzene rings is 1. The zero-order chi connectivity index (χ0) is 16.5. The smallest absolute Gasteiger partial charge is 0.326 e. The minimum Gasteiger partial charge on any atom is -0.326 e. The first-order valence-corrected chi connectivity index (χ1v) is 8.53. The van der Waals surface area contributed by atoms with Crippen LogP contribution in [0.1, 0.15) is 25.3 Å². The summed E-state index contributed by atoms with van der Waals surface area (Å²) < 4.78 is 63.8. The van der Waals surface area contributed by atoms with Gasteiger partial charge in [0.15, 0.2) is 0 Å². The maximum absolute atomic E-state index is 12.5. The molecule has 0 aliphatic carbocycles. The number of nitrogens with zero attached hydrogens (tertiary/aromatic N) is 1. The second kappa shape index (κ2) is 6.17. The van der Waals surface area contributed by atoms with Gasteiger partial charge in [-0.1, -0.05) is 13.3 Å². The molecule has 2 rings (SSSR count). The van der Waals surface area contributed by atoms with Gasteiger partial charge < -0.3 is 5.73 Å². The van der Waals surface area contributed by atoms with Crippen LogP contribution in [-0.4, -0.2) is 31.9 Å². The molecular formula is C14H19F3N2O2S. The number of sulfonamides is 1. The number of nitrogens with two attached hydrogens (primary N) is 1. The molecule has 0 aromatic heterocycles. The molecule has 0 unspecified atom stereocenters. The highest BCUT2D eigenvalue weighted by Gasteiger charge is 2.37. The average molecular weight is 336 g/mol. The SMILES string of the molecule is CCC[C@H]1CN(S(=O)(=O)c2ccc(C(F)(F)F)cc2)C[C@@H]1N. The Bertz CT molecular complexity index is 614. The van der Waals surface area contributed by atoms with Crippen molar-refractivity contribution in [2.75, 3.05) is 13.1 Å². The molecular weight excluding hydrogens is 317 g/mol. The van der Waals surface area contributed by atoms with Crippen molar-refractivity contribution in [3.63, 3.8) is 0 Å². The summed E-state index contributed by atoms with van der Waals surface area (Å²) in [7, 11) is -3.80. The largest absolute Gasteiger partial charge is 0.416 e. The first kappa shape index (κ1) is 17.2. The van der Waals surface area contributed by atoms with Crippen LogP contribution in [0.4, 0.5) is 13.2 Å². The van der Waals surface area contributed by atoms with Gasteiger partial charge in [-0.15, -0.1) is 0 Å². The molecule has 1 fully saturated rings. The maximum Gasteiger partial charge on any atom is 0.416 e. The van der Waals surface area contributed by atoms with Gasteiger partial charge in [-0.2, -0.15) is 17.5 Å². The molecule has 1 aliphatic heterocycles. The van der Waals surface area contributed by atoms with Crippen LogP contribution in [0.2, 0.25) is 0 Å². The summed E-state index contributed by atoms with van der Waals surface area (Å²) in [6, 6.07) is 3.33. The second-order valence-corrected chi connectivity index (χ2v) is 7.49. The summed E-state index contributed by atoms with van der Waals surface area (Å²) in [5.74, 6) is 0.0919. The Morgan fingerprint density at radius 1 is 1.23 bits per heavy atom. The maximum atomic E-state index is 12.5. The van der Waals surface area contributed by atoms with Gasteiger partial charge in [0.1, 0.15) is 0 Å². The Balaban J connectivity index is 2.21. The van der Waals surface area contributed by atoms with Gasteiger partial charge in [0.2, 0.25) is 10.0 Å². The molecule has 2 N–H and O–H groups in total. The van der Waals surface area contributed by atoms with Crippen LogP contribution in [-0.2, 0) is 16.2 Å². The lowest BCUT2D eigenvalue weighted by Crippen LogP contribution is -2.32. The molecule has 1 heterocycles. The van der Waals surface area contributed by atoms with E-state index in [0.717, 1.165) is 37.1 Å². The normalized spacial score (nSPS) is 23.9. The van der Waals surface area contributed by atoms with Crippen molar-refractivity contribution in [1.82, 2.24) is 4.31 Å². The molecule has 1 aliphatic rings. The van der Waals surface area contributed by atoms with Gasteiger partial charge in [-0.05, 0) is 36.6 Å². The van der Waals surface area contributed by atoms with Gasteiger partial charge in [0, 0.05) is 19.1 Å². The Hall–Kier alpha value is -1.12. The monoisotopic (exact) mass is 336 g/mol. The molecule has 0 spiro atoms. The van der Waals surface area contributed by atoms with Crippen LogP contribution in [0, 0.1) is 5.92 Å². The fourth-order valence-corrected chi connectivity index (χ4v) is 4.23. The molecule has 0 amide bonds. The Morgan fingerprint density at radius 3 is 2.32 bits per heavy atom. The topological polar surface area (TPSA) is 63.4 Å². The van der Waals surface area contributed by atoms with Crippen molar-refractivity contribution in [3.05, 3.63) is 29.8 Å². The van der Waals surface area contributed by atoms with Crippen molar-refractivity contribution < 1.29 is 21.6 Å². The van der Waals surface area contributed by atoms with Crippen LogP contribution < -0.4 is 5.73 Å². The highest BCUT2D eigenvalue weighted by atomic mass is 32.2. The van der Waals surface area contributed by atoms with Gasteiger partial charge in [0.05, 0.1) is 10.5 Å². The van der Waals surface area contributed by atoms with Gasteiger partial charge >= 0.3 is 6.18 Å². The van der Waals surface area contributed by atoms with E-state index in [0.29, 0.717) is 6.54 Å². The zero-order valence-corrected chi connectivity index (χ0v) is 13.0. The Morgan fingerprint density at radius 2 is 1.82 bits per heavy atom. The molecule has 22 heavy (non-hydrogen) atoms. The number of hydrogen-bond donors (Lipinski definition) is 1. The number of alkyl halides is 3. The Labute approximate surface area is 128 Å². The molecule has 1 saturated heterocycles.